The number of methoxy groups -OCH3 is 2. The van der Waals surface area contributed by atoms with Gasteiger partial charge in [-0.25, -0.2) is 0 Å². The zero-order valence-electron chi connectivity index (χ0n) is 14.4. The molecule has 1 heterocycles. The third kappa shape index (κ3) is 4.96. The lowest BCUT2D eigenvalue weighted by atomic mass is 10.1. The van der Waals surface area contributed by atoms with Crippen molar-refractivity contribution in [2.24, 2.45) is 0 Å². The van der Waals surface area contributed by atoms with Crippen molar-refractivity contribution >= 4 is 23.2 Å². The van der Waals surface area contributed by atoms with Crippen LogP contribution in [0.3, 0.4) is 0 Å². The molecule has 0 aliphatic heterocycles. The van der Waals surface area contributed by atoms with Crippen LogP contribution < -0.4 is 9.47 Å². The van der Waals surface area contributed by atoms with Gasteiger partial charge in [0.15, 0.2) is 0 Å². The highest BCUT2D eigenvalue weighted by Gasteiger charge is 2.25. The van der Waals surface area contributed by atoms with E-state index in [9.17, 15) is 14.7 Å². The highest BCUT2D eigenvalue weighted by atomic mass is 32.1. The van der Waals surface area contributed by atoms with Crippen molar-refractivity contribution in [2.75, 3.05) is 20.8 Å². The monoisotopic (exact) mass is 363 g/mol. The van der Waals surface area contributed by atoms with Crippen LogP contribution in [0.5, 0.6) is 11.5 Å². The number of rotatable bonds is 8. The predicted molar refractivity (Wildman–Crippen MR) is 95.3 cm³/mol. The Hall–Kier alpha value is -2.54. The van der Waals surface area contributed by atoms with Gasteiger partial charge in [-0.1, -0.05) is 6.07 Å². The van der Waals surface area contributed by atoms with Gasteiger partial charge in [-0.2, -0.15) is 0 Å². The van der Waals surface area contributed by atoms with Gasteiger partial charge in [-0.05, 0) is 36.1 Å². The van der Waals surface area contributed by atoms with E-state index in [1.165, 1.54) is 30.5 Å². The van der Waals surface area contributed by atoms with Crippen molar-refractivity contribution in [3.63, 3.8) is 0 Å². The quantitative estimate of drug-likeness (QED) is 0.780. The molecule has 0 aliphatic rings. The first kappa shape index (κ1) is 18.8. The number of amides is 1. The maximum atomic E-state index is 12.8. The molecule has 1 unspecified atom stereocenters. The number of hydrogen-bond donors (Lipinski definition) is 1. The van der Waals surface area contributed by atoms with Crippen molar-refractivity contribution < 1.29 is 24.2 Å². The molecule has 1 amide bonds. The van der Waals surface area contributed by atoms with E-state index in [0.29, 0.717) is 11.5 Å². The summed E-state index contributed by atoms with van der Waals surface area (Å²) in [6, 6.07) is 9.00. The first-order valence-electron chi connectivity index (χ1n) is 7.70. The summed E-state index contributed by atoms with van der Waals surface area (Å²) in [4.78, 5) is 26.3. The van der Waals surface area contributed by atoms with Crippen molar-refractivity contribution in [1.29, 1.82) is 0 Å². The zero-order valence-corrected chi connectivity index (χ0v) is 15.2. The van der Waals surface area contributed by atoms with E-state index in [1.807, 2.05) is 17.5 Å². The first-order valence-corrected chi connectivity index (χ1v) is 8.58. The van der Waals surface area contributed by atoms with Crippen LogP contribution >= 0.6 is 11.3 Å². The average Bonchev–Trinajstić information content (AvgIpc) is 3.13. The van der Waals surface area contributed by atoms with Crippen molar-refractivity contribution in [3.05, 3.63) is 46.2 Å². The minimum atomic E-state index is -1.05. The Bertz CT molecular complexity index is 707. The van der Waals surface area contributed by atoms with Crippen LogP contribution in [0.4, 0.5) is 0 Å². The normalized spacial score (nSPS) is 11.6. The molecule has 25 heavy (non-hydrogen) atoms. The van der Waals surface area contributed by atoms with Crippen LogP contribution in [0.1, 0.15) is 23.3 Å². The lowest BCUT2D eigenvalue weighted by Crippen LogP contribution is -2.37. The number of nitrogens with zero attached hydrogens (tertiary/aromatic N) is 1. The fraction of sp³-hybridized carbons (Fsp3) is 0.333. The summed E-state index contributed by atoms with van der Waals surface area (Å²) in [5, 5.41) is 11.1. The Morgan fingerprint density at radius 2 is 1.84 bits per heavy atom. The largest absolute Gasteiger partial charge is 0.497 e. The summed E-state index contributed by atoms with van der Waals surface area (Å²) in [6.07, 6.45) is 0. The Kier molecular flexibility index (Phi) is 6.41. The lowest BCUT2D eigenvalue weighted by molar-refractivity contribution is -0.145. The van der Waals surface area contributed by atoms with E-state index < -0.39 is 11.9 Å². The van der Waals surface area contributed by atoms with Gasteiger partial charge in [0.05, 0.1) is 20.1 Å². The summed E-state index contributed by atoms with van der Waals surface area (Å²) in [5.74, 6) is -0.508. The predicted octanol–water partition coefficient (Wildman–Crippen LogP) is 2.98. The average molecular weight is 363 g/mol. The van der Waals surface area contributed by atoms with E-state index >= 15 is 0 Å². The van der Waals surface area contributed by atoms with E-state index in [-0.39, 0.29) is 19.0 Å². The van der Waals surface area contributed by atoms with Gasteiger partial charge in [0.1, 0.15) is 18.0 Å². The van der Waals surface area contributed by atoms with E-state index in [1.54, 1.807) is 25.1 Å². The molecule has 0 saturated heterocycles. The molecule has 0 saturated carbocycles. The number of aliphatic carboxylic acids is 1. The maximum Gasteiger partial charge on any atom is 0.323 e. The number of ether oxygens (including phenoxy) is 2. The molecule has 1 aromatic heterocycles. The number of carboxylic acid groups (broad SMARTS) is 1. The van der Waals surface area contributed by atoms with Gasteiger partial charge in [-0.3, -0.25) is 9.59 Å². The van der Waals surface area contributed by atoms with Crippen LogP contribution in [-0.4, -0.2) is 42.6 Å². The molecule has 0 aliphatic carbocycles. The molecular weight excluding hydrogens is 342 g/mol. The van der Waals surface area contributed by atoms with Gasteiger partial charge in [-0.15, -0.1) is 11.3 Å². The van der Waals surface area contributed by atoms with E-state index in [4.69, 9.17) is 9.47 Å². The third-order valence-corrected chi connectivity index (χ3v) is 4.82. The van der Waals surface area contributed by atoms with E-state index in [2.05, 4.69) is 0 Å². The summed E-state index contributed by atoms with van der Waals surface area (Å²) in [6.45, 7) is 1.58. The maximum absolute atomic E-state index is 12.8. The number of carbonyl (C=O) groups excluding carboxylic acids is 1. The summed E-state index contributed by atoms with van der Waals surface area (Å²) in [5.41, 5.74) is 0.740. The minimum Gasteiger partial charge on any atom is -0.497 e. The number of benzene rings is 1. The molecule has 6 nitrogen and oxygen atoms in total. The van der Waals surface area contributed by atoms with Crippen LogP contribution in [0, 0.1) is 0 Å². The van der Waals surface area contributed by atoms with Crippen LogP contribution in [0.2, 0.25) is 0 Å². The Morgan fingerprint density at radius 1 is 1.20 bits per heavy atom. The third-order valence-electron chi connectivity index (χ3n) is 3.76. The molecular formula is C18H21NO5S. The molecule has 2 rings (SSSR count). The second-order valence-corrected chi connectivity index (χ2v) is 6.53. The molecule has 2 aromatic rings. The summed E-state index contributed by atoms with van der Waals surface area (Å²) >= 11 is 1.48. The molecule has 0 radical (unpaired) electrons. The van der Waals surface area contributed by atoms with Crippen molar-refractivity contribution in [2.45, 2.75) is 19.4 Å². The fourth-order valence-electron chi connectivity index (χ4n) is 2.49. The second kappa shape index (κ2) is 8.53. The molecule has 134 valence electrons. The number of hydrogen-bond acceptors (Lipinski definition) is 5. The van der Waals surface area contributed by atoms with Crippen LogP contribution in [-0.2, 0) is 16.1 Å². The lowest BCUT2D eigenvalue weighted by Gasteiger charge is -2.24. The Morgan fingerprint density at radius 3 is 2.32 bits per heavy atom. The number of carbonyl (C=O) groups is 2. The molecule has 0 bridgehead atoms. The smallest absolute Gasteiger partial charge is 0.323 e. The SMILES string of the molecule is COc1cc(CN(CC(=O)O)C(=O)C(C)c2cccs2)cc(OC)c1. The van der Waals surface area contributed by atoms with Gasteiger partial charge < -0.3 is 19.5 Å². The molecule has 1 aromatic carbocycles. The van der Waals surface area contributed by atoms with Crippen LogP contribution in [0.15, 0.2) is 35.7 Å². The Balaban J connectivity index is 2.25. The minimum absolute atomic E-state index is 0.161. The molecule has 7 heteroatoms. The van der Waals surface area contributed by atoms with Gasteiger partial charge >= 0.3 is 5.97 Å². The molecule has 1 N–H and O–H groups in total. The van der Waals surface area contributed by atoms with E-state index in [0.717, 1.165) is 10.4 Å². The topological polar surface area (TPSA) is 76.1 Å². The standard InChI is InChI=1S/C18H21NO5S/c1-12(16-5-4-6-25-16)18(22)19(11-17(20)21)10-13-7-14(23-2)9-15(8-13)24-3/h4-9,12H,10-11H2,1-3H3,(H,20,21). The first-order chi connectivity index (χ1) is 11.9. The fourth-order valence-corrected chi connectivity index (χ4v) is 3.26. The second-order valence-electron chi connectivity index (χ2n) is 5.55. The highest BCUT2D eigenvalue weighted by Crippen LogP contribution is 2.26. The summed E-state index contributed by atoms with van der Waals surface area (Å²) < 4.78 is 10.5. The molecule has 0 fully saturated rings. The van der Waals surface area contributed by atoms with Gasteiger partial charge in [0.25, 0.3) is 0 Å². The molecule has 1 atom stereocenters. The number of thiophene rings is 1. The van der Waals surface area contributed by atoms with Crippen LogP contribution in [0.25, 0.3) is 0 Å². The van der Waals surface area contributed by atoms with Crippen molar-refractivity contribution in [1.82, 2.24) is 4.90 Å². The summed E-state index contributed by atoms with van der Waals surface area (Å²) in [7, 11) is 3.08. The van der Waals surface area contributed by atoms with Gasteiger partial charge in [0.2, 0.25) is 5.91 Å². The zero-order chi connectivity index (χ0) is 18.4. The highest BCUT2D eigenvalue weighted by molar-refractivity contribution is 7.10. The number of carboxylic acids is 1. The Labute approximate surface area is 150 Å². The van der Waals surface area contributed by atoms with Gasteiger partial charge in [0, 0.05) is 17.5 Å². The van der Waals surface area contributed by atoms with Crippen molar-refractivity contribution in [3.8, 4) is 11.5 Å². The molecule has 0 spiro atoms.